The lowest BCUT2D eigenvalue weighted by Gasteiger charge is -2.21. The molecule has 4 heteroatoms. The Morgan fingerprint density at radius 2 is 1.62 bits per heavy atom. The molecule has 24 heavy (non-hydrogen) atoms. The Hall–Kier alpha value is -2.10. The van der Waals surface area contributed by atoms with E-state index in [9.17, 15) is 0 Å². The van der Waals surface area contributed by atoms with Crippen LogP contribution in [0.1, 0.15) is 50.7 Å². The fourth-order valence-corrected chi connectivity index (χ4v) is 3.37. The summed E-state index contributed by atoms with van der Waals surface area (Å²) in [6, 6.07) is 8.50. The monoisotopic (exact) mass is 324 g/mol. The van der Waals surface area contributed by atoms with Crippen molar-refractivity contribution in [1.29, 1.82) is 0 Å². The molecule has 1 aliphatic heterocycles. The molecule has 1 saturated heterocycles. The molecule has 0 bridgehead atoms. The fourth-order valence-electron chi connectivity index (χ4n) is 3.37. The molecular formula is C20H28N4. The second-order valence-corrected chi connectivity index (χ2v) is 6.43. The van der Waals surface area contributed by atoms with Crippen molar-refractivity contribution in [3.05, 3.63) is 41.6 Å². The Kier molecular flexibility index (Phi) is 5.68. The molecule has 1 N–H and O–H groups in total. The van der Waals surface area contributed by atoms with Gasteiger partial charge in [0.15, 0.2) is 0 Å². The number of rotatable bonds is 5. The highest BCUT2D eigenvalue weighted by Crippen LogP contribution is 2.26. The largest absolute Gasteiger partial charge is 0.341 e. The standard InChI is InChI=1S/C20H28N4/c1-3-16-10-9-11-17(4-2)19(16)22-18-12-13-21-20(23-18)24-14-7-5-6-8-15-24/h9-13H,3-8,14-15H2,1-2H3,(H,21,22,23). The van der Waals surface area contributed by atoms with Gasteiger partial charge < -0.3 is 10.2 Å². The lowest BCUT2D eigenvalue weighted by atomic mass is 10.0. The third-order valence-electron chi connectivity index (χ3n) is 4.78. The zero-order valence-corrected chi connectivity index (χ0v) is 14.9. The number of hydrogen-bond donors (Lipinski definition) is 1. The number of aryl methyl sites for hydroxylation is 2. The lowest BCUT2D eigenvalue weighted by molar-refractivity contribution is 0.726. The number of aromatic nitrogens is 2. The molecule has 0 amide bonds. The molecule has 0 unspecified atom stereocenters. The van der Waals surface area contributed by atoms with Crippen LogP contribution in [0, 0.1) is 0 Å². The topological polar surface area (TPSA) is 41.1 Å². The summed E-state index contributed by atoms with van der Waals surface area (Å²) in [5.41, 5.74) is 3.89. The van der Waals surface area contributed by atoms with Gasteiger partial charge in [-0.2, -0.15) is 4.98 Å². The van der Waals surface area contributed by atoms with Crippen LogP contribution in [0.4, 0.5) is 17.5 Å². The van der Waals surface area contributed by atoms with Gasteiger partial charge in [0.2, 0.25) is 5.95 Å². The third kappa shape index (κ3) is 3.86. The summed E-state index contributed by atoms with van der Waals surface area (Å²) in [6.45, 7) is 6.52. The average molecular weight is 324 g/mol. The summed E-state index contributed by atoms with van der Waals surface area (Å²) >= 11 is 0. The number of para-hydroxylation sites is 1. The van der Waals surface area contributed by atoms with E-state index in [2.05, 4.69) is 47.2 Å². The summed E-state index contributed by atoms with van der Waals surface area (Å²) in [4.78, 5) is 11.6. The van der Waals surface area contributed by atoms with E-state index < -0.39 is 0 Å². The third-order valence-corrected chi connectivity index (χ3v) is 4.78. The molecule has 4 nitrogen and oxygen atoms in total. The van der Waals surface area contributed by atoms with Gasteiger partial charge in [0, 0.05) is 25.0 Å². The van der Waals surface area contributed by atoms with Crippen LogP contribution < -0.4 is 10.2 Å². The van der Waals surface area contributed by atoms with Crippen molar-refractivity contribution in [3.8, 4) is 0 Å². The summed E-state index contributed by atoms with van der Waals surface area (Å²) in [5.74, 6) is 1.74. The highest BCUT2D eigenvalue weighted by Gasteiger charge is 2.13. The van der Waals surface area contributed by atoms with Crippen LogP contribution in [-0.4, -0.2) is 23.1 Å². The molecule has 1 aliphatic rings. The van der Waals surface area contributed by atoms with Gasteiger partial charge in [-0.15, -0.1) is 0 Å². The molecule has 0 atom stereocenters. The first-order valence-corrected chi connectivity index (χ1v) is 9.27. The Morgan fingerprint density at radius 3 is 2.25 bits per heavy atom. The molecule has 2 heterocycles. The summed E-state index contributed by atoms with van der Waals surface area (Å²) in [7, 11) is 0. The van der Waals surface area contributed by atoms with Crippen LogP contribution in [0.3, 0.4) is 0 Å². The molecule has 0 saturated carbocycles. The molecule has 3 rings (SSSR count). The van der Waals surface area contributed by atoms with Crippen LogP contribution in [0.2, 0.25) is 0 Å². The van der Waals surface area contributed by atoms with E-state index in [4.69, 9.17) is 4.98 Å². The molecule has 2 aromatic rings. The van der Waals surface area contributed by atoms with Crippen molar-refractivity contribution in [2.75, 3.05) is 23.3 Å². The van der Waals surface area contributed by atoms with Crippen LogP contribution in [0.25, 0.3) is 0 Å². The van der Waals surface area contributed by atoms with Crippen LogP contribution >= 0.6 is 0 Å². The van der Waals surface area contributed by atoms with E-state index in [1.165, 1.54) is 42.5 Å². The molecule has 1 aromatic carbocycles. The molecule has 128 valence electrons. The van der Waals surface area contributed by atoms with Crippen LogP contribution in [-0.2, 0) is 12.8 Å². The van der Waals surface area contributed by atoms with Gasteiger partial charge in [-0.1, -0.05) is 44.9 Å². The minimum Gasteiger partial charge on any atom is -0.341 e. The first kappa shape index (κ1) is 16.7. The Labute approximate surface area is 145 Å². The normalized spacial score (nSPS) is 15.2. The zero-order chi connectivity index (χ0) is 16.8. The second kappa shape index (κ2) is 8.13. The maximum atomic E-state index is 4.79. The van der Waals surface area contributed by atoms with Gasteiger partial charge >= 0.3 is 0 Å². The van der Waals surface area contributed by atoms with Crippen molar-refractivity contribution in [2.24, 2.45) is 0 Å². The fraction of sp³-hybridized carbons (Fsp3) is 0.500. The second-order valence-electron chi connectivity index (χ2n) is 6.43. The van der Waals surface area contributed by atoms with Crippen LogP contribution in [0.15, 0.2) is 30.5 Å². The summed E-state index contributed by atoms with van der Waals surface area (Å²) < 4.78 is 0. The van der Waals surface area contributed by atoms with Crippen molar-refractivity contribution >= 4 is 17.5 Å². The van der Waals surface area contributed by atoms with Gasteiger partial charge in [0.05, 0.1) is 0 Å². The minimum atomic E-state index is 0.855. The molecule has 0 spiro atoms. The first-order chi connectivity index (χ1) is 11.8. The van der Waals surface area contributed by atoms with Gasteiger partial charge in [0.1, 0.15) is 5.82 Å². The maximum absolute atomic E-state index is 4.79. The highest BCUT2D eigenvalue weighted by atomic mass is 15.3. The Balaban J connectivity index is 1.85. The van der Waals surface area contributed by atoms with Gasteiger partial charge in [-0.3, -0.25) is 0 Å². The van der Waals surface area contributed by atoms with Crippen molar-refractivity contribution in [3.63, 3.8) is 0 Å². The smallest absolute Gasteiger partial charge is 0.227 e. The Morgan fingerprint density at radius 1 is 0.958 bits per heavy atom. The molecule has 1 fully saturated rings. The zero-order valence-electron chi connectivity index (χ0n) is 14.9. The predicted molar refractivity (Wildman–Crippen MR) is 101 cm³/mol. The minimum absolute atomic E-state index is 0.855. The Bertz CT molecular complexity index is 638. The van der Waals surface area contributed by atoms with E-state index in [0.29, 0.717) is 0 Å². The highest BCUT2D eigenvalue weighted by molar-refractivity contribution is 5.65. The number of nitrogens with one attached hydrogen (secondary N) is 1. The lowest BCUT2D eigenvalue weighted by Crippen LogP contribution is -2.26. The number of nitrogens with zero attached hydrogens (tertiary/aromatic N) is 3. The molecular weight excluding hydrogens is 296 g/mol. The van der Waals surface area contributed by atoms with Crippen molar-refractivity contribution < 1.29 is 0 Å². The molecule has 0 radical (unpaired) electrons. The quantitative estimate of drug-likeness (QED) is 0.863. The first-order valence-electron chi connectivity index (χ1n) is 9.27. The number of hydrogen-bond acceptors (Lipinski definition) is 4. The van der Waals surface area contributed by atoms with E-state index in [1.54, 1.807) is 0 Å². The number of anilines is 3. The average Bonchev–Trinajstić information content (AvgIpc) is 2.91. The van der Waals surface area contributed by atoms with E-state index in [0.717, 1.165) is 37.7 Å². The van der Waals surface area contributed by atoms with Crippen molar-refractivity contribution in [2.45, 2.75) is 52.4 Å². The van der Waals surface area contributed by atoms with Crippen LogP contribution in [0.5, 0.6) is 0 Å². The van der Waals surface area contributed by atoms with E-state index in [1.807, 2.05) is 12.3 Å². The maximum Gasteiger partial charge on any atom is 0.227 e. The number of benzene rings is 1. The molecule has 1 aromatic heterocycles. The van der Waals surface area contributed by atoms with Crippen molar-refractivity contribution in [1.82, 2.24) is 9.97 Å². The molecule has 0 aliphatic carbocycles. The van der Waals surface area contributed by atoms with Gasteiger partial charge in [-0.05, 0) is 42.9 Å². The van der Waals surface area contributed by atoms with E-state index >= 15 is 0 Å². The van der Waals surface area contributed by atoms with Gasteiger partial charge in [-0.25, -0.2) is 4.98 Å². The van der Waals surface area contributed by atoms with E-state index in [-0.39, 0.29) is 0 Å². The van der Waals surface area contributed by atoms with Gasteiger partial charge in [0.25, 0.3) is 0 Å². The summed E-state index contributed by atoms with van der Waals surface area (Å²) in [6.07, 6.45) is 9.01. The SMILES string of the molecule is CCc1cccc(CC)c1Nc1ccnc(N2CCCCCC2)n1. The summed E-state index contributed by atoms with van der Waals surface area (Å²) in [5, 5.41) is 3.56. The predicted octanol–water partition coefficient (Wildman–Crippen LogP) is 4.73.